The predicted octanol–water partition coefficient (Wildman–Crippen LogP) is 2.82. The molecule has 0 radical (unpaired) electrons. The highest BCUT2D eigenvalue weighted by atomic mass is 16.1. The number of hydrogen-bond donors (Lipinski definition) is 0. The second kappa shape index (κ2) is 3.93. The standard InChI is InChI=1S/C16H13N3O/c1-2-18-13-9-5-6-10-14(13)19-15(20)11-7-3-4-8-12(11)17-16(18)19/h3-10H,2H2,1H3. The van der Waals surface area contributed by atoms with Crippen LogP contribution in [-0.2, 0) is 6.54 Å². The fourth-order valence-electron chi connectivity index (χ4n) is 2.82. The average molecular weight is 263 g/mol. The summed E-state index contributed by atoms with van der Waals surface area (Å²) in [5.41, 5.74) is 2.69. The van der Waals surface area contributed by atoms with Gasteiger partial charge in [-0.2, -0.15) is 0 Å². The Kier molecular flexibility index (Phi) is 2.21. The Morgan fingerprint density at radius 2 is 1.70 bits per heavy atom. The number of imidazole rings is 1. The summed E-state index contributed by atoms with van der Waals surface area (Å²) >= 11 is 0. The first kappa shape index (κ1) is 11.2. The van der Waals surface area contributed by atoms with Gasteiger partial charge >= 0.3 is 0 Å². The molecule has 2 heterocycles. The molecule has 0 aliphatic rings. The maximum absolute atomic E-state index is 12.7. The lowest BCUT2D eigenvalue weighted by molar-refractivity contribution is 0.801. The zero-order valence-corrected chi connectivity index (χ0v) is 11.1. The van der Waals surface area contributed by atoms with E-state index in [2.05, 4.69) is 16.5 Å². The lowest BCUT2D eigenvalue weighted by Crippen LogP contribution is -2.15. The van der Waals surface area contributed by atoms with Crippen molar-refractivity contribution < 1.29 is 0 Å². The van der Waals surface area contributed by atoms with Gasteiger partial charge < -0.3 is 4.57 Å². The van der Waals surface area contributed by atoms with E-state index in [1.54, 1.807) is 4.40 Å². The minimum atomic E-state index is -0.00556. The molecule has 0 bridgehead atoms. The molecule has 4 aromatic rings. The number of para-hydroxylation sites is 3. The molecule has 0 unspecified atom stereocenters. The molecule has 0 fully saturated rings. The Morgan fingerprint density at radius 3 is 2.50 bits per heavy atom. The van der Waals surface area contributed by atoms with Crippen LogP contribution < -0.4 is 5.56 Å². The third-order valence-corrected chi connectivity index (χ3v) is 3.73. The fourth-order valence-corrected chi connectivity index (χ4v) is 2.82. The number of benzene rings is 2. The van der Waals surface area contributed by atoms with E-state index in [0.29, 0.717) is 11.2 Å². The third-order valence-electron chi connectivity index (χ3n) is 3.73. The molecule has 0 aliphatic carbocycles. The van der Waals surface area contributed by atoms with Gasteiger partial charge in [0.25, 0.3) is 5.56 Å². The largest absolute Gasteiger partial charge is 0.310 e. The van der Waals surface area contributed by atoms with E-state index in [1.807, 2.05) is 48.5 Å². The summed E-state index contributed by atoms with van der Waals surface area (Å²) in [7, 11) is 0. The SMILES string of the molecule is CCn1c2ccccc2n2c(=O)c3ccccc3nc12. The minimum absolute atomic E-state index is 0.00556. The van der Waals surface area contributed by atoms with Crippen LogP contribution in [0.5, 0.6) is 0 Å². The van der Waals surface area contributed by atoms with Crippen molar-refractivity contribution in [2.75, 3.05) is 0 Å². The molecule has 0 aliphatic heterocycles. The Balaban J connectivity index is 2.39. The van der Waals surface area contributed by atoms with Gasteiger partial charge in [-0.05, 0) is 31.2 Å². The topological polar surface area (TPSA) is 39.3 Å². The van der Waals surface area contributed by atoms with Crippen molar-refractivity contribution in [3.05, 3.63) is 58.9 Å². The van der Waals surface area contributed by atoms with Gasteiger partial charge in [0.1, 0.15) is 0 Å². The molecule has 0 amide bonds. The summed E-state index contributed by atoms with van der Waals surface area (Å²) in [5.74, 6) is 0.706. The van der Waals surface area contributed by atoms with Gasteiger partial charge in [0.2, 0.25) is 5.78 Å². The molecule has 0 saturated carbocycles. The lowest BCUT2D eigenvalue weighted by Gasteiger charge is -2.02. The molecule has 0 atom stereocenters. The van der Waals surface area contributed by atoms with E-state index in [0.717, 1.165) is 23.1 Å². The van der Waals surface area contributed by atoms with Gasteiger partial charge in [0.05, 0.1) is 21.9 Å². The van der Waals surface area contributed by atoms with Gasteiger partial charge in [0, 0.05) is 6.54 Å². The van der Waals surface area contributed by atoms with Gasteiger partial charge in [-0.15, -0.1) is 0 Å². The molecule has 20 heavy (non-hydrogen) atoms. The first-order valence-electron chi connectivity index (χ1n) is 6.70. The summed E-state index contributed by atoms with van der Waals surface area (Å²) in [5, 5.41) is 0.656. The van der Waals surface area contributed by atoms with Crippen LogP contribution in [0.2, 0.25) is 0 Å². The van der Waals surface area contributed by atoms with Crippen molar-refractivity contribution in [3.63, 3.8) is 0 Å². The van der Waals surface area contributed by atoms with Crippen LogP contribution in [0.4, 0.5) is 0 Å². The van der Waals surface area contributed by atoms with Gasteiger partial charge in [-0.3, -0.25) is 4.79 Å². The van der Waals surface area contributed by atoms with E-state index in [1.165, 1.54) is 0 Å². The quantitative estimate of drug-likeness (QED) is 0.529. The second-order valence-electron chi connectivity index (χ2n) is 4.80. The monoisotopic (exact) mass is 263 g/mol. The van der Waals surface area contributed by atoms with E-state index in [-0.39, 0.29) is 5.56 Å². The van der Waals surface area contributed by atoms with Crippen LogP contribution in [0.15, 0.2) is 53.3 Å². The van der Waals surface area contributed by atoms with E-state index >= 15 is 0 Å². The van der Waals surface area contributed by atoms with Crippen LogP contribution in [0.3, 0.4) is 0 Å². The minimum Gasteiger partial charge on any atom is -0.310 e. The van der Waals surface area contributed by atoms with Crippen LogP contribution >= 0.6 is 0 Å². The maximum Gasteiger partial charge on any atom is 0.267 e. The van der Waals surface area contributed by atoms with Crippen molar-refractivity contribution in [1.82, 2.24) is 14.0 Å². The number of rotatable bonds is 1. The predicted molar refractivity (Wildman–Crippen MR) is 80.1 cm³/mol. The average Bonchev–Trinajstić information content (AvgIpc) is 2.81. The molecule has 4 nitrogen and oxygen atoms in total. The fraction of sp³-hybridized carbons (Fsp3) is 0.125. The van der Waals surface area contributed by atoms with E-state index < -0.39 is 0 Å². The third kappa shape index (κ3) is 1.30. The van der Waals surface area contributed by atoms with Gasteiger partial charge in [-0.1, -0.05) is 24.3 Å². The van der Waals surface area contributed by atoms with E-state index in [9.17, 15) is 4.79 Å². The van der Waals surface area contributed by atoms with Gasteiger partial charge in [0.15, 0.2) is 0 Å². The summed E-state index contributed by atoms with van der Waals surface area (Å²) in [4.78, 5) is 17.4. The lowest BCUT2D eigenvalue weighted by atomic mass is 10.2. The number of fused-ring (bicyclic) bond motifs is 4. The Labute approximate surface area is 114 Å². The highest BCUT2D eigenvalue weighted by Gasteiger charge is 2.13. The summed E-state index contributed by atoms with van der Waals surface area (Å²) < 4.78 is 3.78. The number of aromatic nitrogens is 3. The molecular formula is C16H13N3O. The van der Waals surface area contributed by atoms with Crippen molar-refractivity contribution in [1.29, 1.82) is 0 Å². The maximum atomic E-state index is 12.7. The normalized spacial score (nSPS) is 11.7. The number of aryl methyl sites for hydroxylation is 1. The van der Waals surface area contributed by atoms with Crippen molar-refractivity contribution in [2.24, 2.45) is 0 Å². The Morgan fingerprint density at radius 1 is 1.00 bits per heavy atom. The molecule has 0 spiro atoms. The summed E-state index contributed by atoms with van der Waals surface area (Å²) in [6, 6.07) is 15.4. The molecule has 4 rings (SSSR count). The first-order chi connectivity index (χ1) is 9.81. The number of nitrogens with zero attached hydrogens (tertiary/aromatic N) is 3. The van der Waals surface area contributed by atoms with E-state index in [4.69, 9.17) is 0 Å². The van der Waals surface area contributed by atoms with Crippen molar-refractivity contribution in [2.45, 2.75) is 13.5 Å². The highest BCUT2D eigenvalue weighted by molar-refractivity contribution is 5.85. The summed E-state index contributed by atoms with van der Waals surface area (Å²) in [6.45, 7) is 2.84. The second-order valence-corrected chi connectivity index (χ2v) is 4.80. The molecule has 98 valence electrons. The Bertz CT molecular complexity index is 1010. The van der Waals surface area contributed by atoms with Crippen LogP contribution in [0, 0.1) is 0 Å². The zero-order valence-electron chi connectivity index (χ0n) is 11.1. The molecule has 2 aromatic carbocycles. The smallest absolute Gasteiger partial charge is 0.267 e. The van der Waals surface area contributed by atoms with Crippen molar-refractivity contribution >= 4 is 27.7 Å². The van der Waals surface area contributed by atoms with Crippen LogP contribution in [0.1, 0.15) is 6.92 Å². The molecule has 0 N–H and O–H groups in total. The number of hydrogen-bond acceptors (Lipinski definition) is 2. The van der Waals surface area contributed by atoms with Crippen LogP contribution in [-0.4, -0.2) is 14.0 Å². The molecule has 4 heteroatoms. The molecule has 0 saturated heterocycles. The van der Waals surface area contributed by atoms with Crippen LogP contribution in [0.25, 0.3) is 27.7 Å². The van der Waals surface area contributed by atoms with Crippen molar-refractivity contribution in [3.8, 4) is 0 Å². The zero-order chi connectivity index (χ0) is 13.7. The highest BCUT2D eigenvalue weighted by Crippen LogP contribution is 2.19. The first-order valence-corrected chi connectivity index (χ1v) is 6.70. The van der Waals surface area contributed by atoms with Gasteiger partial charge in [-0.25, -0.2) is 9.38 Å². The molecule has 2 aromatic heterocycles. The Hall–Kier alpha value is -2.62. The molecular weight excluding hydrogens is 250 g/mol. The summed E-state index contributed by atoms with van der Waals surface area (Å²) in [6.07, 6.45) is 0.